The second-order valence-electron chi connectivity index (χ2n) is 19.2. The number of carbonyl (C=O) groups excluding carboxylic acids is 3. The molecule has 0 aromatic carbocycles. The molecule has 6 heteroatoms. The van der Waals surface area contributed by atoms with Crippen molar-refractivity contribution in [1.82, 2.24) is 0 Å². The highest BCUT2D eigenvalue weighted by molar-refractivity contribution is 5.71. The summed E-state index contributed by atoms with van der Waals surface area (Å²) < 4.78 is 16.8. The van der Waals surface area contributed by atoms with Crippen molar-refractivity contribution < 1.29 is 28.6 Å². The minimum atomic E-state index is -0.785. The lowest BCUT2D eigenvalue weighted by molar-refractivity contribution is -0.167. The molecule has 396 valence electrons. The fourth-order valence-electron chi connectivity index (χ4n) is 8.03. The molecule has 0 rings (SSSR count). The van der Waals surface area contributed by atoms with E-state index in [4.69, 9.17) is 14.2 Å². The predicted octanol–water partition coefficient (Wildman–Crippen LogP) is 19.5. The first-order chi connectivity index (χ1) is 34.0. The monoisotopic (exact) mass is 961 g/mol. The average Bonchev–Trinajstić information content (AvgIpc) is 3.35. The molecule has 0 fully saturated rings. The number of esters is 3. The van der Waals surface area contributed by atoms with Gasteiger partial charge < -0.3 is 14.2 Å². The third-order valence-electron chi connectivity index (χ3n) is 12.4. The Balaban J connectivity index is 4.32. The van der Waals surface area contributed by atoms with E-state index in [2.05, 4.69) is 106 Å². The van der Waals surface area contributed by atoms with Crippen LogP contribution >= 0.6 is 0 Å². The molecule has 0 aliphatic rings. The molecular weight excluding hydrogens is 853 g/mol. The number of rotatable bonds is 52. The summed E-state index contributed by atoms with van der Waals surface area (Å²) >= 11 is 0. The number of hydrogen-bond acceptors (Lipinski definition) is 6. The topological polar surface area (TPSA) is 78.9 Å². The van der Waals surface area contributed by atoms with Gasteiger partial charge in [0.1, 0.15) is 13.2 Å². The highest BCUT2D eigenvalue weighted by Gasteiger charge is 2.19. The Morgan fingerprint density at radius 1 is 0.304 bits per heavy atom. The van der Waals surface area contributed by atoms with Crippen molar-refractivity contribution in [2.75, 3.05) is 13.2 Å². The standard InChI is InChI=1S/C63H108O6/c1-4-7-10-13-16-19-21-23-25-27-29-31-33-35-37-39-41-44-47-50-53-56-62(65)68-59-60(58-67-61(64)55-52-49-46-43-18-15-12-9-6-3)69-63(66)57-54-51-48-45-42-40-38-36-34-32-30-28-26-24-22-20-17-14-11-8-5-2/h7,10,16,19,22-25,28-31,35,37,60H,4-6,8-9,11-15,17-18,20-21,26-27,32-34,36,38-59H2,1-3H3/b10-7-,19-16-,24-22-,25-23-,30-28-,31-29-,37-35-. The number of ether oxygens (including phenoxy) is 3. The summed E-state index contributed by atoms with van der Waals surface area (Å²) in [7, 11) is 0. The first-order valence-electron chi connectivity index (χ1n) is 29.1. The van der Waals surface area contributed by atoms with E-state index in [1.54, 1.807) is 0 Å². The van der Waals surface area contributed by atoms with Crippen molar-refractivity contribution in [2.45, 2.75) is 284 Å². The maximum atomic E-state index is 12.8. The molecule has 0 aromatic heterocycles. The third-order valence-corrected chi connectivity index (χ3v) is 12.4. The van der Waals surface area contributed by atoms with Crippen LogP contribution in [-0.2, 0) is 28.6 Å². The first kappa shape index (κ1) is 65.6. The second-order valence-corrected chi connectivity index (χ2v) is 19.2. The molecular formula is C63H108O6. The Kier molecular flexibility index (Phi) is 54.3. The van der Waals surface area contributed by atoms with Crippen molar-refractivity contribution in [3.63, 3.8) is 0 Å². The Labute approximate surface area is 426 Å². The molecule has 0 aliphatic carbocycles. The van der Waals surface area contributed by atoms with Crippen LogP contribution in [0.15, 0.2) is 85.1 Å². The number of allylic oxidation sites excluding steroid dienone is 14. The van der Waals surface area contributed by atoms with E-state index in [-0.39, 0.29) is 31.1 Å². The molecule has 0 saturated heterocycles. The van der Waals surface area contributed by atoms with Crippen LogP contribution in [0.2, 0.25) is 0 Å². The Morgan fingerprint density at radius 3 is 0.884 bits per heavy atom. The van der Waals surface area contributed by atoms with E-state index in [1.807, 2.05) is 0 Å². The van der Waals surface area contributed by atoms with E-state index in [0.29, 0.717) is 19.3 Å². The van der Waals surface area contributed by atoms with E-state index in [0.717, 1.165) is 116 Å². The maximum absolute atomic E-state index is 12.8. The fourth-order valence-corrected chi connectivity index (χ4v) is 8.03. The zero-order valence-electron chi connectivity index (χ0n) is 45.3. The zero-order valence-corrected chi connectivity index (χ0v) is 45.3. The number of carbonyl (C=O) groups is 3. The molecule has 1 atom stereocenters. The predicted molar refractivity (Wildman–Crippen MR) is 297 cm³/mol. The molecule has 0 aromatic rings. The van der Waals surface area contributed by atoms with Gasteiger partial charge in [0.25, 0.3) is 0 Å². The van der Waals surface area contributed by atoms with Gasteiger partial charge in [-0.25, -0.2) is 0 Å². The third kappa shape index (κ3) is 55.4. The van der Waals surface area contributed by atoms with Crippen LogP contribution in [0, 0.1) is 0 Å². The summed E-state index contributed by atoms with van der Waals surface area (Å²) in [6.45, 7) is 6.49. The SMILES string of the molecule is CC/C=C\C/C=C\C/C=C\C/C=C\C/C=C\CCCCCCCC(=O)OCC(COC(=O)CCCCCCCCCCC)OC(=O)CCCCCCCCCCC/C=C\C/C=C\CCCCCCC. The zero-order chi connectivity index (χ0) is 50.0. The Hall–Kier alpha value is -3.41. The van der Waals surface area contributed by atoms with E-state index in [9.17, 15) is 14.4 Å². The van der Waals surface area contributed by atoms with Gasteiger partial charge in [-0.2, -0.15) is 0 Å². The van der Waals surface area contributed by atoms with Crippen molar-refractivity contribution >= 4 is 17.9 Å². The van der Waals surface area contributed by atoms with Crippen molar-refractivity contribution in [3.05, 3.63) is 85.1 Å². The maximum Gasteiger partial charge on any atom is 0.306 e. The van der Waals surface area contributed by atoms with Crippen molar-refractivity contribution in [2.24, 2.45) is 0 Å². The fraction of sp³-hybridized carbons (Fsp3) is 0.730. The molecule has 69 heavy (non-hydrogen) atoms. The molecule has 0 aliphatic heterocycles. The van der Waals surface area contributed by atoms with Gasteiger partial charge in [0, 0.05) is 19.3 Å². The van der Waals surface area contributed by atoms with Crippen LogP contribution in [-0.4, -0.2) is 37.2 Å². The van der Waals surface area contributed by atoms with Crippen LogP contribution in [0.3, 0.4) is 0 Å². The first-order valence-corrected chi connectivity index (χ1v) is 29.1. The van der Waals surface area contributed by atoms with E-state index in [1.165, 1.54) is 122 Å². The lowest BCUT2D eigenvalue weighted by atomic mass is 10.1. The summed E-state index contributed by atoms with van der Waals surface area (Å²) in [6, 6.07) is 0. The largest absolute Gasteiger partial charge is 0.462 e. The summed E-state index contributed by atoms with van der Waals surface area (Å²) in [5.41, 5.74) is 0. The molecule has 0 heterocycles. The van der Waals surface area contributed by atoms with Crippen LogP contribution < -0.4 is 0 Å². The van der Waals surface area contributed by atoms with Crippen LogP contribution in [0.5, 0.6) is 0 Å². The molecule has 0 bridgehead atoms. The van der Waals surface area contributed by atoms with Crippen LogP contribution in [0.25, 0.3) is 0 Å². The van der Waals surface area contributed by atoms with Gasteiger partial charge in [0.2, 0.25) is 0 Å². The molecule has 1 unspecified atom stereocenters. The average molecular weight is 962 g/mol. The van der Waals surface area contributed by atoms with Gasteiger partial charge in [-0.15, -0.1) is 0 Å². The quantitative estimate of drug-likeness (QED) is 0.0262. The van der Waals surface area contributed by atoms with Gasteiger partial charge in [0.15, 0.2) is 6.10 Å². The van der Waals surface area contributed by atoms with Gasteiger partial charge >= 0.3 is 17.9 Å². The van der Waals surface area contributed by atoms with Crippen molar-refractivity contribution in [1.29, 1.82) is 0 Å². The molecule has 0 amide bonds. The summed E-state index contributed by atoms with van der Waals surface area (Å²) in [6.07, 6.45) is 74.4. The van der Waals surface area contributed by atoms with E-state index < -0.39 is 6.10 Å². The highest BCUT2D eigenvalue weighted by Crippen LogP contribution is 2.15. The van der Waals surface area contributed by atoms with Crippen molar-refractivity contribution in [3.8, 4) is 0 Å². The summed E-state index contributed by atoms with van der Waals surface area (Å²) in [5.74, 6) is -0.904. The second kappa shape index (κ2) is 57.2. The molecule has 0 N–H and O–H groups in total. The minimum Gasteiger partial charge on any atom is -0.462 e. The number of hydrogen-bond donors (Lipinski definition) is 0. The minimum absolute atomic E-state index is 0.0832. The van der Waals surface area contributed by atoms with E-state index >= 15 is 0 Å². The van der Waals surface area contributed by atoms with Gasteiger partial charge in [-0.05, 0) is 96.3 Å². The van der Waals surface area contributed by atoms with Crippen LogP contribution in [0.1, 0.15) is 278 Å². The molecule has 0 saturated carbocycles. The summed E-state index contributed by atoms with van der Waals surface area (Å²) in [5, 5.41) is 0. The lowest BCUT2D eigenvalue weighted by Gasteiger charge is -2.18. The Bertz CT molecular complexity index is 1330. The van der Waals surface area contributed by atoms with Gasteiger partial charge in [0.05, 0.1) is 0 Å². The smallest absolute Gasteiger partial charge is 0.306 e. The molecule has 6 nitrogen and oxygen atoms in total. The number of unbranched alkanes of at least 4 members (excludes halogenated alkanes) is 27. The molecule has 0 radical (unpaired) electrons. The van der Waals surface area contributed by atoms with Crippen LogP contribution in [0.4, 0.5) is 0 Å². The highest BCUT2D eigenvalue weighted by atomic mass is 16.6. The lowest BCUT2D eigenvalue weighted by Crippen LogP contribution is -2.30. The van der Waals surface area contributed by atoms with Gasteiger partial charge in [-0.3, -0.25) is 14.4 Å². The normalized spacial score (nSPS) is 12.7. The Morgan fingerprint density at radius 2 is 0.565 bits per heavy atom. The van der Waals surface area contributed by atoms with Gasteiger partial charge in [-0.1, -0.05) is 247 Å². The molecule has 0 spiro atoms. The summed E-state index contributed by atoms with van der Waals surface area (Å²) in [4.78, 5) is 38.1.